The second-order valence-corrected chi connectivity index (χ2v) is 39.0. The maximum atomic E-state index is 4.23. The normalized spacial score (nSPS) is 13.7. The van der Waals surface area contributed by atoms with Crippen molar-refractivity contribution in [2.45, 2.75) is 276 Å². The first-order chi connectivity index (χ1) is 59.2. The summed E-state index contributed by atoms with van der Waals surface area (Å²) >= 11 is 9.61. The molecule has 622 valence electrons. The largest absolute Gasteiger partial charge is 0.340 e. The summed E-state index contributed by atoms with van der Waals surface area (Å²) in [5.41, 5.74) is 24.2. The average Bonchev–Trinajstić information content (AvgIpc) is 0.763. The minimum atomic E-state index is 1.01. The third kappa shape index (κ3) is 22.0. The quantitative estimate of drug-likeness (QED) is 0.0270. The monoisotopic (exact) mass is 1680 g/mol. The Balaban J connectivity index is 0.649. The molecule has 0 fully saturated rings. The third-order valence-electron chi connectivity index (χ3n) is 24.5. The summed E-state index contributed by atoms with van der Waals surface area (Å²) in [5.74, 6) is 0. The molecular weight excluding hydrogens is 1550 g/mol. The second-order valence-electron chi connectivity index (χ2n) is 33.6. The van der Waals surface area contributed by atoms with Gasteiger partial charge in [0.2, 0.25) is 0 Å². The number of unbranched alkanes of at least 4 members (excludes halogenated alkanes) is 25. The summed E-state index contributed by atoms with van der Waals surface area (Å²) in [6, 6.07) is 72.9. The number of benzene rings is 10. The molecular formula is C110H127N5S5. The van der Waals surface area contributed by atoms with Gasteiger partial charge in [0.25, 0.3) is 0 Å². The first-order valence-corrected chi connectivity index (χ1v) is 50.3. The van der Waals surface area contributed by atoms with E-state index < -0.39 is 0 Å². The molecule has 0 saturated heterocycles. The molecule has 0 amide bonds. The number of para-hydroxylation sites is 1. The molecule has 5 aliphatic heterocycles. The Morgan fingerprint density at radius 3 is 0.675 bits per heavy atom. The molecule has 0 radical (unpaired) electrons. The molecule has 120 heavy (non-hydrogen) atoms. The van der Waals surface area contributed by atoms with Gasteiger partial charge in [-0.05, 0) is 197 Å². The van der Waals surface area contributed by atoms with Crippen LogP contribution in [0, 0.1) is 0 Å². The first kappa shape index (κ1) is 86.6. The van der Waals surface area contributed by atoms with Gasteiger partial charge in [-0.2, -0.15) is 0 Å². The lowest BCUT2D eigenvalue weighted by molar-refractivity contribution is 0.608. The Kier molecular flexibility index (Phi) is 31.8. The number of hydrogen-bond acceptors (Lipinski definition) is 10. The lowest BCUT2D eigenvalue weighted by Gasteiger charge is -2.34. The van der Waals surface area contributed by atoms with Gasteiger partial charge in [-0.1, -0.05) is 388 Å². The van der Waals surface area contributed by atoms with Gasteiger partial charge in [-0.15, -0.1) is 0 Å². The third-order valence-corrected chi connectivity index (χ3v) is 30.1. The van der Waals surface area contributed by atoms with E-state index in [0.29, 0.717) is 0 Å². The van der Waals surface area contributed by atoms with Crippen LogP contribution >= 0.6 is 58.8 Å². The smallest absolute Gasteiger partial charge is 0.0558 e. The highest BCUT2D eigenvalue weighted by Gasteiger charge is 2.30. The predicted molar refractivity (Wildman–Crippen MR) is 533 cm³/mol. The van der Waals surface area contributed by atoms with Crippen LogP contribution in [-0.4, -0.2) is 32.7 Å². The Morgan fingerprint density at radius 2 is 0.417 bits per heavy atom. The summed E-state index contributed by atoms with van der Waals surface area (Å²) < 4.78 is 0. The molecule has 5 nitrogen and oxygen atoms in total. The highest BCUT2D eigenvalue weighted by atomic mass is 32.2. The van der Waals surface area contributed by atoms with Crippen LogP contribution in [0.3, 0.4) is 0 Å². The summed E-state index contributed by atoms with van der Waals surface area (Å²) in [7, 11) is 0. The molecule has 0 atom stereocenters. The molecule has 5 heterocycles. The SMILES string of the molecule is C=Cc1cccc2c1Sc1cc(/C=C/c3ccc4c(c3)Sc3cc(/C=C/c5ccc6c(c5)Sc5cc(/C=C/c7ccc8c(c7)Sc7cc(/C=C/c9ccc%10c(c9)Sc9ccccc9N%10CCCCCCCC)ccc7N8CCCCCCCC)ccc5N6CCCCCCCC)ccc3N4CCCCCCCC)ccc1N2CCCCCCCC. The van der Waals surface area contributed by atoms with Gasteiger partial charge >= 0.3 is 0 Å². The van der Waals surface area contributed by atoms with Crippen LogP contribution in [0.5, 0.6) is 0 Å². The average molecular weight is 1680 g/mol. The number of anilines is 10. The second kappa shape index (κ2) is 44.1. The van der Waals surface area contributed by atoms with Crippen molar-refractivity contribution < 1.29 is 0 Å². The van der Waals surface area contributed by atoms with Crippen LogP contribution in [0.1, 0.15) is 277 Å². The molecule has 0 aromatic heterocycles. The van der Waals surface area contributed by atoms with E-state index in [0.717, 1.165) is 32.7 Å². The van der Waals surface area contributed by atoms with Gasteiger partial charge in [0.15, 0.2) is 0 Å². The molecule has 0 aliphatic carbocycles. The van der Waals surface area contributed by atoms with Crippen molar-refractivity contribution in [2.75, 3.05) is 57.2 Å². The molecule has 0 spiro atoms. The van der Waals surface area contributed by atoms with Crippen molar-refractivity contribution in [2.24, 2.45) is 0 Å². The fourth-order valence-corrected chi connectivity index (χ4v) is 23.7. The minimum absolute atomic E-state index is 1.01. The van der Waals surface area contributed by atoms with E-state index in [1.54, 1.807) is 0 Å². The molecule has 10 aromatic rings. The summed E-state index contributed by atoms with van der Waals surface area (Å²) in [5, 5.41) is 0. The summed E-state index contributed by atoms with van der Waals surface area (Å²) in [6.07, 6.45) is 59.1. The number of hydrogen-bond donors (Lipinski definition) is 0. The van der Waals surface area contributed by atoms with Crippen molar-refractivity contribution >= 4 is 170 Å². The van der Waals surface area contributed by atoms with Crippen LogP contribution in [0.2, 0.25) is 0 Å². The zero-order chi connectivity index (χ0) is 82.2. The van der Waals surface area contributed by atoms with Crippen LogP contribution in [0.4, 0.5) is 56.9 Å². The van der Waals surface area contributed by atoms with Crippen molar-refractivity contribution in [3.63, 3.8) is 0 Å². The number of nitrogens with zero attached hydrogens (tertiary/aromatic N) is 5. The van der Waals surface area contributed by atoms with E-state index in [1.807, 2.05) is 64.9 Å². The van der Waals surface area contributed by atoms with Crippen LogP contribution in [-0.2, 0) is 0 Å². The highest BCUT2D eigenvalue weighted by molar-refractivity contribution is 8.00. The Morgan fingerprint density at radius 1 is 0.208 bits per heavy atom. The maximum Gasteiger partial charge on any atom is 0.0558 e. The topological polar surface area (TPSA) is 16.2 Å². The predicted octanol–water partition coefficient (Wildman–Crippen LogP) is 35.8. The lowest BCUT2D eigenvalue weighted by Crippen LogP contribution is -2.22. The summed E-state index contributed by atoms with van der Waals surface area (Å²) in [6.45, 7) is 20.9. The van der Waals surface area contributed by atoms with Crippen molar-refractivity contribution in [1.29, 1.82) is 0 Å². The summed E-state index contributed by atoms with van der Waals surface area (Å²) in [4.78, 5) is 26.3. The van der Waals surface area contributed by atoms with Gasteiger partial charge in [0.05, 0.1) is 56.9 Å². The Bertz CT molecular complexity index is 5240. The molecule has 0 bridgehead atoms. The van der Waals surface area contributed by atoms with E-state index in [9.17, 15) is 0 Å². The van der Waals surface area contributed by atoms with Crippen LogP contribution in [0.25, 0.3) is 54.7 Å². The standard InChI is InChI=1S/C110H127N5S5/c1-7-13-18-23-28-35-69-111-91-42-33-34-44-101(91)116-102-74-82(53-61-92(102)111)45-46-83-54-62-93-103(75-83)117-104-76-84(55-63-94(104)112(93)70-36-29-24-19-14-8-2)47-48-85-56-64-95-105(77-85)118-106-78-86(57-65-96(106)113(95)71-37-30-25-20-15-9-3)49-50-87-58-66-97-107(79-87)119-108-80-88(59-67-98(108)114(97)72-38-31-26-21-16-10-4)51-52-89-60-68-99-109(81-89)120-110-90(12-6)41-40-43-100(110)115(99)73-39-32-27-22-17-11-5/h12,33-34,40-68,74-81H,6-11,13-32,35-39,69-73H2,1-5H3/b46-45+,48-47+,50-49+,52-51+. The van der Waals surface area contributed by atoms with E-state index >= 15 is 0 Å². The highest BCUT2D eigenvalue weighted by Crippen LogP contribution is 2.55. The van der Waals surface area contributed by atoms with E-state index in [-0.39, 0.29) is 0 Å². The van der Waals surface area contributed by atoms with Gasteiger partial charge in [-0.25, -0.2) is 0 Å². The number of fused-ring (bicyclic) bond motifs is 10. The fourth-order valence-electron chi connectivity index (χ4n) is 17.8. The lowest BCUT2D eigenvalue weighted by atomic mass is 10.1. The molecule has 10 aromatic carbocycles. The van der Waals surface area contributed by atoms with Crippen LogP contribution in [0.15, 0.2) is 244 Å². The van der Waals surface area contributed by atoms with Gasteiger partial charge in [0, 0.05) is 81.7 Å². The van der Waals surface area contributed by atoms with Crippen molar-refractivity contribution in [3.05, 3.63) is 245 Å². The Hall–Kier alpha value is -8.35. The zero-order valence-electron chi connectivity index (χ0n) is 72.3. The molecule has 0 unspecified atom stereocenters. The maximum absolute atomic E-state index is 4.23. The van der Waals surface area contributed by atoms with E-state index in [4.69, 9.17) is 0 Å². The minimum Gasteiger partial charge on any atom is -0.340 e. The Labute approximate surface area is 742 Å². The molecule has 10 heteroatoms. The molecule has 5 aliphatic rings. The van der Waals surface area contributed by atoms with Gasteiger partial charge in [0.1, 0.15) is 0 Å². The zero-order valence-corrected chi connectivity index (χ0v) is 76.4. The van der Waals surface area contributed by atoms with Gasteiger partial charge < -0.3 is 24.5 Å². The van der Waals surface area contributed by atoms with Crippen molar-refractivity contribution in [3.8, 4) is 0 Å². The first-order valence-electron chi connectivity index (χ1n) is 46.2. The fraction of sp³-hybridized carbons (Fsp3) is 0.364. The number of rotatable bonds is 44. The van der Waals surface area contributed by atoms with E-state index in [2.05, 4.69) is 302 Å². The molecule has 0 saturated carbocycles. The molecule has 0 N–H and O–H groups in total. The van der Waals surface area contributed by atoms with Crippen molar-refractivity contribution in [1.82, 2.24) is 0 Å². The van der Waals surface area contributed by atoms with Crippen LogP contribution < -0.4 is 24.5 Å². The molecule has 15 rings (SSSR count). The van der Waals surface area contributed by atoms with Gasteiger partial charge in [-0.3, -0.25) is 0 Å². The van der Waals surface area contributed by atoms with E-state index in [1.165, 1.54) is 349 Å².